The smallest absolute Gasteiger partial charge is 0.323 e. The molecule has 0 bridgehead atoms. The molecule has 2 aromatic rings. The van der Waals surface area contributed by atoms with E-state index in [4.69, 9.17) is 4.74 Å². The van der Waals surface area contributed by atoms with Crippen molar-refractivity contribution < 1.29 is 9.53 Å². The van der Waals surface area contributed by atoms with Crippen molar-refractivity contribution in [2.24, 2.45) is 0 Å². The molecule has 0 heterocycles. The van der Waals surface area contributed by atoms with E-state index in [1.165, 1.54) is 0 Å². The third-order valence-corrected chi connectivity index (χ3v) is 2.91. The van der Waals surface area contributed by atoms with Crippen LogP contribution in [0.3, 0.4) is 0 Å². The minimum atomic E-state index is -0.285. The number of anilines is 2. The summed E-state index contributed by atoms with van der Waals surface area (Å²) in [5.74, 6) is 0.663. The second-order valence-electron chi connectivity index (χ2n) is 4.88. The second kappa shape index (κ2) is 6.79. The number of ether oxygens (including phenoxy) is 1. The number of nitrogens with one attached hydrogen (secondary N) is 2. The zero-order chi connectivity index (χ0) is 15.2. The van der Waals surface area contributed by atoms with Crippen molar-refractivity contribution in [3.8, 4) is 5.75 Å². The topological polar surface area (TPSA) is 50.4 Å². The van der Waals surface area contributed by atoms with Gasteiger partial charge in [-0.25, -0.2) is 4.79 Å². The molecule has 2 amide bonds. The first-order valence-corrected chi connectivity index (χ1v) is 6.96. The maximum Gasteiger partial charge on any atom is 0.323 e. The van der Waals surface area contributed by atoms with Crippen molar-refractivity contribution in [3.63, 3.8) is 0 Å². The molecule has 0 aliphatic carbocycles. The number of hydrogen-bond donors (Lipinski definition) is 2. The fourth-order valence-corrected chi connectivity index (χ4v) is 2.18. The van der Waals surface area contributed by atoms with Crippen LogP contribution in [0.2, 0.25) is 0 Å². The molecule has 0 saturated heterocycles. The summed E-state index contributed by atoms with van der Waals surface area (Å²) in [7, 11) is 0. The van der Waals surface area contributed by atoms with Crippen LogP contribution in [0.1, 0.15) is 18.1 Å². The van der Waals surface area contributed by atoms with Crippen LogP contribution in [0.25, 0.3) is 0 Å². The Hall–Kier alpha value is -2.49. The van der Waals surface area contributed by atoms with Gasteiger partial charge in [-0.2, -0.15) is 0 Å². The molecule has 2 N–H and O–H groups in total. The number of aryl methyl sites for hydroxylation is 2. The Balaban J connectivity index is 2.08. The summed E-state index contributed by atoms with van der Waals surface area (Å²) in [6.45, 7) is 6.46. The Bertz CT molecular complexity index is 618. The molecule has 0 aliphatic heterocycles. The normalized spacial score (nSPS) is 10.0. The van der Waals surface area contributed by atoms with Crippen molar-refractivity contribution in [2.75, 3.05) is 17.2 Å². The van der Waals surface area contributed by atoms with Gasteiger partial charge in [-0.1, -0.05) is 18.2 Å². The fraction of sp³-hybridized carbons (Fsp3) is 0.235. The van der Waals surface area contributed by atoms with Crippen molar-refractivity contribution in [2.45, 2.75) is 20.8 Å². The largest absolute Gasteiger partial charge is 0.492 e. The predicted molar refractivity (Wildman–Crippen MR) is 86.2 cm³/mol. The lowest BCUT2D eigenvalue weighted by molar-refractivity contribution is 0.262. The van der Waals surface area contributed by atoms with E-state index >= 15 is 0 Å². The first-order chi connectivity index (χ1) is 10.1. The minimum absolute atomic E-state index is 0.285. The van der Waals surface area contributed by atoms with Gasteiger partial charge >= 0.3 is 6.03 Å². The van der Waals surface area contributed by atoms with Gasteiger partial charge in [0.25, 0.3) is 0 Å². The van der Waals surface area contributed by atoms with Crippen LogP contribution >= 0.6 is 0 Å². The van der Waals surface area contributed by atoms with Gasteiger partial charge in [-0.3, -0.25) is 0 Å². The first-order valence-electron chi connectivity index (χ1n) is 6.96. The maximum absolute atomic E-state index is 12.1. The number of urea groups is 1. The zero-order valence-electron chi connectivity index (χ0n) is 12.6. The number of hydrogen-bond acceptors (Lipinski definition) is 2. The van der Waals surface area contributed by atoms with Gasteiger partial charge in [-0.05, 0) is 56.2 Å². The van der Waals surface area contributed by atoms with E-state index in [0.29, 0.717) is 18.0 Å². The summed E-state index contributed by atoms with van der Waals surface area (Å²) in [6, 6.07) is 13.0. The van der Waals surface area contributed by atoms with Gasteiger partial charge in [0.2, 0.25) is 0 Å². The molecule has 4 nitrogen and oxygen atoms in total. The molecule has 0 aromatic heterocycles. The molecular weight excluding hydrogens is 264 g/mol. The Morgan fingerprint density at radius 2 is 1.71 bits per heavy atom. The molecule has 0 fully saturated rings. The highest BCUT2D eigenvalue weighted by molar-refractivity contribution is 6.00. The van der Waals surface area contributed by atoms with E-state index in [-0.39, 0.29) is 6.03 Å². The third-order valence-electron chi connectivity index (χ3n) is 2.91. The summed E-state index contributed by atoms with van der Waals surface area (Å²) in [5, 5.41) is 5.64. The molecule has 4 heteroatoms. The molecule has 21 heavy (non-hydrogen) atoms. The zero-order valence-corrected chi connectivity index (χ0v) is 12.6. The minimum Gasteiger partial charge on any atom is -0.492 e. The molecule has 110 valence electrons. The van der Waals surface area contributed by atoms with E-state index < -0.39 is 0 Å². The van der Waals surface area contributed by atoms with Gasteiger partial charge in [0, 0.05) is 5.69 Å². The average molecular weight is 284 g/mol. The Labute approximate surface area is 125 Å². The van der Waals surface area contributed by atoms with Crippen molar-refractivity contribution in [3.05, 3.63) is 53.6 Å². The molecule has 0 saturated carbocycles. The summed E-state index contributed by atoms with van der Waals surface area (Å²) < 4.78 is 5.48. The van der Waals surface area contributed by atoms with E-state index in [1.807, 2.05) is 57.2 Å². The van der Waals surface area contributed by atoms with E-state index in [9.17, 15) is 4.79 Å². The van der Waals surface area contributed by atoms with Gasteiger partial charge < -0.3 is 15.4 Å². The summed E-state index contributed by atoms with van der Waals surface area (Å²) in [4.78, 5) is 12.1. The first kappa shape index (κ1) is 14.9. The molecule has 2 rings (SSSR count). The van der Waals surface area contributed by atoms with E-state index in [0.717, 1.165) is 16.8 Å². The SMILES string of the molecule is CCOc1ccccc1NC(=O)Nc1cc(C)cc(C)c1. The summed E-state index contributed by atoms with van der Waals surface area (Å²) in [5.41, 5.74) is 3.65. The van der Waals surface area contributed by atoms with Crippen LogP contribution in [0.15, 0.2) is 42.5 Å². The summed E-state index contributed by atoms with van der Waals surface area (Å²) >= 11 is 0. The Kier molecular flexibility index (Phi) is 4.82. The second-order valence-corrected chi connectivity index (χ2v) is 4.88. The number of para-hydroxylation sites is 2. The highest BCUT2D eigenvalue weighted by atomic mass is 16.5. The highest BCUT2D eigenvalue weighted by Gasteiger charge is 2.07. The standard InChI is InChI=1S/C17H20N2O2/c1-4-21-16-8-6-5-7-15(16)19-17(20)18-14-10-12(2)9-13(3)11-14/h5-11H,4H2,1-3H3,(H2,18,19,20). The third kappa shape index (κ3) is 4.24. The number of benzene rings is 2. The van der Waals surface area contributed by atoms with Crippen LogP contribution in [-0.2, 0) is 0 Å². The molecule has 0 aliphatic rings. The van der Waals surface area contributed by atoms with Gasteiger partial charge in [0.05, 0.1) is 12.3 Å². The Morgan fingerprint density at radius 1 is 1.05 bits per heavy atom. The molecule has 0 spiro atoms. The van der Waals surface area contributed by atoms with Gasteiger partial charge in [0.1, 0.15) is 5.75 Å². The molecule has 0 unspecified atom stereocenters. The van der Waals surface area contributed by atoms with Crippen LogP contribution in [0.4, 0.5) is 16.2 Å². The number of amides is 2. The molecular formula is C17H20N2O2. The van der Waals surface area contributed by atoms with Crippen LogP contribution in [-0.4, -0.2) is 12.6 Å². The predicted octanol–water partition coefficient (Wildman–Crippen LogP) is 4.35. The highest BCUT2D eigenvalue weighted by Crippen LogP contribution is 2.24. The molecule has 0 atom stereocenters. The fourth-order valence-electron chi connectivity index (χ4n) is 2.18. The molecule has 2 aromatic carbocycles. The summed E-state index contributed by atoms with van der Waals surface area (Å²) in [6.07, 6.45) is 0. The lowest BCUT2D eigenvalue weighted by Crippen LogP contribution is -2.20. The number of rotatable bonds is 4. The lowest BCUT2D eigenvalue weighted by Gasteiger charge is -2.12. The quantitative estimate of drug-likeness (QED) is 0.877. The van der Waals surface area contributed by atoms with Crippen molar-refractivity contribution in [1.82, 2.24) is 0 Å². The van der Waals surface area contributed by atoms with Crippen LogP contribution < -0.4 is 15.4 Å². The van der Waals surface area contributed by atoms with Crippen LogP contribution in [0.5, 0.6) is 5.75 Å². The maximum atomic E-state index is 12.1. The van der Waals surface area contributed by atoms with E-state index in [1.54, 1.807) is 0 Å². The average Bonchev–Trinajstić information content (AvgIpc) is 2.40. The lowest BCUT2D eigenvalue weighted by atomic mass is 10.1. The van der Waals surface area contributed by atoms with Crippen molar-refractivity contribution >= 4 is 17.4 Å². The van der Waals surface area contributed by atoms with E-state index in [2.05, 4.69) is 16.7 Å². The Morgan fingerprint density at radius 3 is 2.38 bits per heavy atom. The van der Waals surface area contributed by atoms with Gasteiger partial charge in [0.15, 0.2) is 0 Å². The monoisotopic (exact) mass is 284 g/mol. The number of carbonyl (C=O) groups excluding carboxylic acids is 1. The van der Waals surface area contributed by atoms with Crippen molar-refractivity contribution in [1.29, 1.82) is 0 Å². The van der Waals surface area contributed by atoms with Crippen LogP contribution in [0, 0.1) is 13.8 Å². The molecule has 0 radical (unpaired) electrons. The number of carbonyl (C=O) groups is 1. The van der Waals surface area contributed by atoms with Gasteiger partial charge in [-0.15, -0.1) is 0 Å².